The number of carbonyl (C=O) groups is 2. The molecule has 0 aromatic rings. The van der Waals surface area contributed by atoms with Gasteiger partial charge in [-0.15, -0.1) is 0 Å². The first-order chi connectivity index (χ1) is 43.0. The molecule has 2 unspecified atom stereocenters. The molecule has 0 fully saturated rings. The van der Waals surface area contributed by atoms with Crippen LogP contribution in [0.15, 0.2) is 170 Å². The Morgan fingerprint density at radius 3 is 0.909 bits per heavy atom. The highest BCUT2D eigenvalue weighted by Gasteiger charge is 2.22. The Hall–Kier alpha value is -4.63. The van der Waals surface area contributed by atoms with Gasteiger partial charge in [-0.2, -0.15) is 0 Å². The smallest absolute Gasteiger partial charge is 0.306 e. The standard InChI is InChI=1S/C78H128NO8P/c1-6-8-10-12-14-16-18-20-22-24-26-28-30-32-34-36-38-39-41-42-44-46-48-50-52-54-56-58-60-62-64-66-68-70-77(80)84-74-76(75-86-88(82,83)85-73-72-79(3,4)5)87-78(81)71-69-67-65-63-61-59-57-55-53-51-49-47-45-43-40-37-35-33-31-29-27-25-23-21-19-17-15-13-11-9-7-2/h8-11,14-17,20-23,26-29,32-35,38-40,43,47,49,53,55,76H,6-7,12-13,18-19,24-25,30-31,36-37,41-42,44-46,48,50-52,54,56-75H2,1-5H3/b10-8-,11-9-,16-14-,17-15-,22-20-,23-21-,28-26-,29-27-,34-32-,35-33-,39-38-,43-40-,49-47-,55-53-. The second-order valence-corrected chi connectivity index (χ2v) is 25.2. The minimum atomic E-state index is -4.66. The monoisotopic (exact) mass is 1240 g/mol. The van der Waals surface area contributed by atoms with Crippen LogP contribution in [-0.2, 0) is 32.7 Å². The van der Waals surface area contributed by atoms with E-state index in [1.807, 2.05) is 21.1 Å². The molecule has 0 radical (unpaired) electrons. The highest BCUT2D eigenvalue weighted by molar-refractivity contribution is 7.45. The molecule has 0 heterocycles. The number of rotatable bonds is 62. The Morgan fingerprint density at radius 1 is 0.352 bits per heavy atom. The van der Waals surface area contributed by atoms with Gasteiger partial charge in [-0.25, -0.2) is 0 Å². The Bertz CT molecular complexity index is 2090. The minimum absolute atomic E-state index is 0.0427. The molecule has 498 valence electrons. The molecule has 0 spiro atoms. The van der Waals surface area contributed by atoms with Crippen LogP contribution in [0.4, 0.5) is 0 Å². The van der Waals surface area contributed by atoms with Gasteiger partial charge in [-0.05, 0) is 128 Å². The van der Waals surface area contributed by atoms with Gasteiger partial charge in [0.25, 0.3) is 7.82 Å². The lowest BCUT2D eigenvalue weighted by molar-refractivity contribution is -0.870. The van der Waals surface area contributed by atoms with Crippen molar-refractivity contribution in [1.82, 2.24) is 0 Å². The van der Waals surface area contributed by atoms with E-state index in [-0.39, 0.29) is 26.1 Å². The first-order valence-corrected chi connectivity index (χ1v) is 36.3. The van der Waals surface area contributed by atoms with E-state index in [2.05, 4.69) is 184 Å². The van der Waals surface area contributed by atoms with Gasteiger partial charge in [-0.3, -0.25) is 14.2 Å². The fourth-order valence-corrected chi connectivity index (χ4v) is 9.70. The van der Waals surface area contributed by atoms with Crippen LogP contribution in [0, 0.1) is 0 Å². The molecule has 0 aromatic heterocycles. The Labute approximate surface area is 540 Å². The molecule has 0 saturated heterocycles. The third kappa shape index (κ3) is 70.5. The van der Waals surface area contributed by atoms with Gasteiger partial charge in [0.05, 0.1) is 27.7 Å². The van der Waals surface area contributed by atoms with Crippen LogP contribution in [0.25, 0.3) is 0 Å². The third-order valence-electron chi connectivity index (χ3n) is 14.2. The van der Waals surface area contributed by atoms with Crippen molar-refractivity contribution in [3.05, 3.63) is 170 Å². The van der Waals surface area contributed by atoms with E-state index >= 15 is 0 Å². The molecule has 0 aliphatic carbocycles. The predicted octanol–water partition coefficient (Wildman–Crippen LogP) is 22.3. The highest BCUT2D eigenvalue weighted by Crippen LogP contribution is 2.38. The van der Waals surface area contributed by atoms with Gasteiger partial charge in [-0.1, -0.05) is 287 Å². The third-order valence-corrected chi connectivity index (χ3v) is 15.2. The van der Waals surface area contributed by atoms with Gasteiger partial charge < -0.3 is 27.9 Å². The number of esters is 2. The molecule has 0 aliphatic heterocycles. The fraction of sp³-hybridized carbons (Fsp3) is 0.615. The summed E-state index contributed by atoms with van der Waals surface area (Å²) in [6, 6.07) is 0. The summed E-state index contributed by atoms with van der Waals surface area (Å²) in [6.07, 6.45) is 101. The molecule has 88 heavy (non-hydrogen) atoms. The van der Waals surface area contributed by atoms with E-state index in [4.69, 9.17) is 18.5 Å². The Kier molecular flexibility index (Phi) is 63.3. The van der Waals surface area contributed by atoms with Crippen molar-refractivity contribution in [3.8, 4) is 0 Å². The zero-order valence-corrected chi connectivity index (χ0v) is 57.5. The number of hydrogen-bond acceptors (Lipinski definition) is 8. The normalized spacial score (nSPS) is 14.2. The van der Waals surface area contributed by atoms with E-state index in [0.717, 1.165) is 154 Å². The summed E-state index contributed by atoms with van der Waals surface area (Å²) >= 11 is 0. The maximum atomic E-state index is 12.9. The van der Waals surface area contributed by atoms with Crippen molar-refractivity contribution in [2.24, 2.45) is 0 Å². The van der Waals surface area contributed by atoms with E-state index in [1.54, 1.807) is 0 Å². The SMILES string of the molecule is CC/C=C\C/C=C\C/C=C\C/C=C\C/C=C\C/C=C\C/C=C\C/C=C\CCCCCCCCC(=O)OC(COC(=O)CCCCCCCCCCCCCCCC/C=C\C/C=C\C/C=C\C/C=C\C/C=C\C/C=C\CC)COP(=O)([O-])OCC[N+](C)(C)C. The van der Waals surface area contributed by atoms with Crippen LogP contribution in [0.2, 0.25) is 0 Å². The van der Waals surface area contributed by atoms with Crippen molar-refractivity contribution < 1.29 is 42.1 Å². The predicted molar refractivity (Wildman–Crippen MR) is 378 cm³/mol. The molecule has 0 saturated carbocycles. The van der Waals surface area contributed by atoms with Gasteiger partial charge in [0.15, 0.2) is 6.10 Å². The average Bonchev–Trinajstić information content (AvgIpc) is 3.68. The van der Waals surface area contributed by atoms with Crippen LogP contribution >= 0.6 is 7.82 Å². The molecular weight excluding hydrogens is 1110 g/mol. The van der Waals surface area contributed by atoms with Crippen LogP contribution in [0.3, 0.4) is 0 Å². The second kappa shape index (κ2) is 66.8. The van der Waals surface area contributed by atoms with Crippen molar-refractivity contribution in [2.45, 2.75) is 264 Å². The van der Waals surface area contributed by atoms with Gasteiger partial charge >= 0.3 is 11.9 Å². The molecule has 10 heteroatoms. The molecule has 0 amide bonds. The van der Waals surface area contributed by atoms with Crippen molar-refractivity contribution in [2.75, 3.05) is 47.5 Å². The van der Waals surface area contributed by atoms with Gasteiger partial charge in [0.1, 0.15) is 19.8 Å². The zero-order chi connectivity index (χ0) is 64.1. The summed E-state index contributed by atoms with van der Waals surface area (Å²) in [7, 11) is 1.14. The van der Waals surface area contributed by atoms with E-state index in [9.17, 15) is 19.0 Å². The molecule has 0 N–H and O–H groups in total. The number of hydrogen-bond donors (Lipinski definition) is 0. The number of phosphoric acid groups is 1. The maximum absolute atomic E-state index is 12.9. The minimum Gasteiger partial charge on any atom is -0.756 e. The van der Waals surface area contributed by atoms with E-state index in [1.165, 1.54) is 70.6 Å². The largest absolute Gasteiger partial charge is 0.756 e. The Morgan fingerprint density at radius 2 is 0.614 bits per heavy atom. The van der Waals surface area contributed by atoms with Crippen LogP contribution in [-0.4, -0.2) is 70.0 Å². The number of likely N-dealkylation sites (N-methyl/N-ethyl adjacent to an activating group) is 1. The lowest BCUT2D eigenvalue weighted by Crippen LogP contribution is -2.37. The quantitative estimate of drug-likeness (QED) is 0.0195. The number of allylic oxidation sites excluding steroid dienone is 28. The first-order valence-electron chi connectivity index (χ1n) is 34.8. The molecule has 0 aliphatic rings. The van der Waals surface area contributed by atoms with E-state index < -0.39 is 32.5 Å². The van der Waals surface area contributed by atoms with Crippen molar-refractivity contribution in [1.29, 1.82) is 0 Å². The van der Waals surface area contributed by atoms with Crippen LogP contribution in [0.5, 0.6) is 0 Å². The number of unbranched alkanes of at least 4 members (excludes halogenated alkanes) is 20. The molecule has 2 atom stereocenters. The van der Waals surface area contributed by atoms with Crippen molar-refractivity contribution in [3.63, 3.8) is 0 Å². The number of quaternary nitrogens is 1. The summed E-state index contributed by atoms with van der Waals surface area (Å²) in [5, 5.41) is 0. The summed E-state index contributed by atoms with van der Waals surface area (Å²) in [6.45, 7) is 3.98. The molecule has 0 aromatic carbocycles. The van der Waals surface area contributed by atoms with Crippen LogP contribution in [0.1, 0.15) is 258 Å². The summed E-state index contributed by atoms with van der Waals surface area (Å²) in [5.41, 5.74) is 0. The van der Waals surface area contributed by atoms with Crippen LogP contribution < -0.4 is 4.89 Å². The van der Waals surface area contributed by atoms with E-state index in [0.29, 0.717) is 17.4 Å². The number of phosphoric ester groups is 1. The first kappa shape index (κ1) is 83.4. The fourth-order valence-electron chi connectivity index (χ4n) is 8.97. The summed E-state index contributed by atoms with van der Waals surface area (Å²) in [4.78, 5) is 38.1. The summed E-state index contributed by atoms with van der Waals surface area (Å²) < 4.78 is 34.3. The topological polar surface area (TPSA) is 111 Å². The molecule has 0 rings (SSSR count). The number of carbonyl (C=O) groups excluding carboxylic acids is 2. The highest BCUT2D eigenvalue weighted by atomic mass is 31.2. The second-order valence-electron chi connectivity index (χ2n) is 23.8. The summed E-state index contributed by atoms with van der Waals surface area (Å²) in [5.74, 6) is -0.859. The zero-order valence-electron chi connectivity index (χ0n) is 56.6. The molecule has 0 bridgehead atoms. The van der Waals surface area contributed by atoms with Gasteiger partial charge in [0.2, 0.25) is 0 Å². The lowest BCUT2D eigenvalue weighted by atomic mass is 10.0. The van der Waals surface area contributed by atoms with Gasteiger partial charge in [0, 0.05) is 12.8 Å². The average molecular weight is 1240 g/mol. The molecule has 9 nitrogen and oxygen atoms in total. The lowest BCUT2D eigenvalue weighted by Gasteiger charge is -2.28. The number of nitrogens with zero attached hydrogens (tertiary/aromatic N) is 1. The number of ether oxygens (including phenoxy) is 2. The maximum Gasteiger partial charge on any atom is 0.306 e. The molecular formula is C78H128NO8P. The van der Waals surface area contributed by atoms with Crippen molar-refractivity contribution >= 4 is 19.8 Å². The Balaban J connectivity index is 4.14.